The van der Waals surface area contributed by atoms with Gasteiger partial charge in [0.2, 0.25) is 0 Å². The summed E-state index contributed by atoms with van der Waals surface area (Å²) in [6.45, 7) is 1.60. The zero-order chi connectivity index (χ0) is 20.0. The summed E-state index contributed by atoms with van der Waals surface area (Å²) >= 11 is 11.8. The number of quaternary nitrogens is 1. The van der Waals surface area contributed by atoms with E-state index in [0.717, 1.165) is 0 Å². The number of halogens is 2. The lowest BCUT2D eigenvalue weighted by Gasteiger charge is -2.15. The molecule has 0 saturated heterocycles. The molecule has 0 heterocycles. The molecule has 0 spiro atoms. The van der Waals surface area contributed by atoms with Gasteiger partial charge in [-0.05, 0) is 37.3 Å². The summed E-state index contributed by atoms with van der Waals surface area (Å²) in [4.78, 5) is 36.6. The maximum atomic E-state index is 12.2. The first kappa shape index (κ1) is 20.9. The van der Waals surface area contributed by atoms with Crippen molar-refractivity contribution in [2.75, 3.05) is 30.8 Å². The monoisotopic (exact) mass is 408 g/mol. The fourth-order valence-electron chi connectivity index (χ4n) is 2.48. The fourth-order valence-corrected chi connectivity index (χ4v) is 2.78. The number of carbonyl (C=O) groups is 3. The molecule has 142 valence electrons. The molecule has 0 fully saturated rings. The van der Waals surface area contributed by atoms with E-state index in [1.54, 1.807) is 49.5 Å². The van der Waals surface area contributed by atoms with E-state index >= 15 is 0 Å². The average molecular weight is 409 g/mol. The fraction of sp³-hybridized carbons (Fsp3) is 0.211. The molecule has 0 saturated carbocycles. The summed E-state index contributed by atoms with van der Waals surface area (Å²) in [6.07, 6.45) is 0. The highest BCUT2D eigenvalue weighted by atomic mass is 35.5. The number of carbonyl (C=O) groups excluding carboxylic acids is 3. The summed E-state index contributed by atoms with van der Waals surface area (Å²) in [5, 5.41) is 6.17. The van der Waals surface area contributed by atoms with Gasteiger partial charge in [-0.25, -0.2) is 0 Å². The number of Topliss-reactive ketones (excluding diaryl/α,β-unsaturated/α-hetero) is 1. The van der Waals surface area contributed by atoms with Crippen LogP contribution in [0.2, 0.25) is 10.0 Å². The highest BCUT2D eigenvalue weighted by molar-refractivity contribution is 6.42. The molecule has 0 aromatic heterocycles. The van der Waals surface area contributed by atoms with Crippen molar-refractivity contribution in [3.05, 3.63) is 58.1 Å². The number of hydrogen-bond donors (Lipinski definition) is 3. The maximum absolute atomic E-state index is 12.2. The van der Waals surface area contributed by atoms with Gasteiger partial charge in [-0.3, -0.25) is 14.4 Å². The molecular formula is C19H20Cl2N3O3+. The van der Waals surface area contributed by atoms with Gasteiger partial charge in [-0.2, -0.15) is 0 Å². The Morgan fingerprint density at radius 2 is 1.56 bits per heavy atom. The van der Waals surface area contributed by atoms with E-state index in [-0.39, 0.29) is 30.7 Å². The normalized spacial score (nSPS) is 11.6. The molecule has 2 aromatic rings. The summed E-state index contributed by atoms with van der Waals surface area (Å²) in [5.41, 5.74) is 1.44. The van der Waals surface area contributed by atoms with Gasteiger partial charge in [-0.15, -0.1) is 0 Å². The van der Waals surface area contributed by atoms with Gasteiger partial charge in [0.05, 0.1) is 22.8 Å². The predicted molar refractivity (Wildman–Crippen MR) is 107 cm³/mol. The molecule has 1 unspecified atom stereocenters. The molecule has 3 N–H and O–H groups in total. The zero-order valence-corrected chi connectivity index (χ0v) is 16.4. The van der Waals surface area contributed by atoms with Crippen LogP contribution in [-0.4, -0.2) is 37.7 Å². The smallest absolute Gasteiger partial charge is 0.279 e. The molecule has 0 radical (unpaired) electrons. The number of nitrogens with one attached hydrogen (secondary N) is 3. The highest BCUT2D eigenvalue weighted by Crippen LogP contribution is 2.24. The lowest BCUT2D eigenvalue weighted by atomic mass is 10.1. The first-order chi connectivity index (χ1) is 12.8. The van der Waals surface area contributed by atoms with Crippen LogP contribution >= 0.6 is 23.2 Å². The third-order valence-corrected chi connectivity index (χ3v) is 4.45. The zero-order valence-electron chi connectivity index (χ0n) is 14.9. The summed E-state index contributed by atoms with van der Waals surface area (Å²) in [5.74, 6) is -0.682. The Morgan fingerprint density at radius 3 is 2.19 bits per heavy atom. The number of likely N-dealkylation sites (N-methyl/N-ethyl adjacent to an activating group) is 1. The molecule has 0 aliphatic heterocycles. The number of hydrogen-bond acceptors (Lipinski definition) is 3. The van der Waals surface area contributed by atoms with Crippen molar-refractivity contribution in [2.45, 2.75) is 6.92 Å². The van der Waals surface area contributed by atoms with Gasteiger partial charge >= 0.3 is 0 Å². The first-order valence-electron chi connectivity index (χ1n) is 8.22. The van der Waals surface area contributed by atoms with E-state index in [9.17, 15) is 14.4 Å². The van der Waals surface area contributed by atoms with Gasteiger partial charge in [0.1, 0.15) is 0 Å². The van der Waals surface area contributed by atoms with Crippen LogP contribution in [0.5, 0.6) is 0 Å². The van der Waals surface area contributed by atoms with E-state index in [1.165, 1.54) is 6.92 Å². The van der Waals surface area contributed by atoms with Gasteiger partial charge in [0, 0.05) is 11.3 Å². The van der Waals surface area contributed by atoms with Crippen LogP contribution in [0.3, 0.4) is 0 Å². The van der Waals surface area contributed by atoms with Crippen molar-refractivity contribution in [1.82, 2.24) is 0 Å². The quantitative estimate of drug-likeness (QED) is 0.614. The Labute approximate surface area is 167 Å². The van der Waals surface area contributed by atoms with Crippen LogP contribution in [0.25, 0.3) is 0 Å². The van der Waals surface area contributed by atoms with E-state index < -0.39 is 0 Å². The van der Waals surface area contributed by atoms with Crippen molar-refractivity contribution in [3.8, 4) is 0 Å². The van der Waals surface area contributed by atoms with Crippen molar-refractivity contribution < 1.29 is 19.3 Å². The molecule has 27 heavy (non-hydrogen) atoms. The minimum absolute atomic E-state index is 0.0705. The van der Waals surface area contributed by atoms with Crippen LogP contribution in [0.1, 0.15) is 17.3 Å². The number of rotatable bonds is 7. The third kappa shape index (κ3) is 6.36. The van der Waals surface area contributed by atoms with E-state index in [1.807, 2.05) is 0 Å². The molecular weight excluding hydrogens is 389 g/mol. The molecule has 2 rings (SSSR count). The Bertz CT molecular complexity index is 871. The Balaban J connectivity index is 1.88. The second-order valence-electron chi connectivity index (χ2n) is 6.14. The van der Waals surface area contributed by atoms with Crippen LogP contribution in [-0.2, 0) is 9.59 Å². The number of ketones is 1. The molecule has 2 amide bonds. The third-order valence-electron chi connectivity index (χ3n) is 3.71. The topological polar surface area (TPSA) is 79.7 Å². The standard InChI is InChI=1S/C19H19Cl2N3O3/c1-12(25)14-5-3-4-6-17(14)23-19(27)11-24(2)10-18(26)22-13-7-8-15(20)16(21)9-13/h3-9H,10-11H2,1-2H3,(H,22,26)(H,23,27)/p+1. The first-order valence-corrected chi connectivity index (χ1v) is 8.98. The number of benzene rings is 2. The maximum Gasteiger partial charge on any atom is 0.279 e. The molecule has 0 aliphatic rings. The molecule has 8 heteroatoms. The molecule has 1 atom stereocenters. The summed E-state index contributed by atoms with van der Waals surface area (Å²) < 4.78 is 0. The van der Waals surface area contributed by atoms with Crippen molar-refractivity contribution in [3.63, 3.8) is 0 Å². The van der Waals surface area contributed by atoms with Crippen LogP contribution in [0.4, 0.5) is 11.4 Å². The number of para-hydroxylation sites is 1. The van der Waals surface area contributed by atoms with Gasteiger partial charge in [-0.1, -0.05) is 35.3 Å². The SMILES string of the molecule is CC(=O)c1ccccc1NC(=O)C[NH+](C)CC(=O)Nc1ccc(Cl)c(Cl)c1. The average Bonchev–Trinajstić information content (AvgIpc) is 2.58. The van der Waals surface area contributed by atoms with Crippen LogP contribution in [0, 0.1) is 0 Å². The summed E-state index contributed by atoms with van der Waals surface area (Å²) in [6, 6.07) is 11.6. The van der Waals surface area contributed by atoms with Gasteiger partial charge < -0.3 is 15.5 Å². The second-order valence-corrected chi connectivity index (χ2v) is 6.95. The largest absolute Gasteiger partial charge is 0.322 e. The molecule has 0 bridgehead atoms. The van der Waals surface area contributed by atoms with Crippen molar-refractivity contribution in [1.29, 1.82) is 0 Å². The molecule has 6 nitrogen and oxygen atoms in total. The predicted octanol–water partition coefficient (Wildman–Crippen LogP) is 2.29. The van der Waals surface area contributed by atoms with E-state index in [4.69, 9.17) is 23.2 Å². The van der Waals surface area contributed by atoms with E-state index in [0.29, 0.717) is 31.9 Å². The van der Waals surface area contributed by atoms with Crippen molar-refractivity contribution in [2.24, 2.45) is 0 Å². The van der Waals surface area contributed by atoms with Gasteiger partial charge in [0.15, 0.2) is 18.9 Å². The van der Waals surface area contributed by atoms with E-state index in [2.05, 4.69) is 10.6 Å². The minimum atomic E-state index is -0.288. The number of amides is 2. The van der Waals surface area contributed by atoms with Gasteiger partial charge in [0.25, 0.3) is 11.8 Å². The number of anilines is 2. The lowest BCUT2D eigenvalue weighted by molar-refractivity contribution is -0.862. The second kappa shape index (κ2) is 9.50. The van der Waals surface area contributed by atoms with Crippen molar-refractivity contribution >= 4 is 52.2 Å². The Kier molecular flexibility index (Phi) is 7.36. The molecule has 2 aromatic carbocycles. The highest BCUT2D eigenvalue weighted by Gasteiger charge is 2.16. The Morgan fingerprint density at radius 1 is 0.926 bits per heavy atom. The lowest BCUT2D eigenvalue weighted by Crippen LogP contribution is -3.11. The molecule has 0 aliphatic carbocycles. The van der Waals surface area contributed by atoms with Crippen LogP contribution < -0.4 is 15.5 Å². The summed E-state index contributed by atoms with van der Waals surface area (Å²) in [7, 11) is 1.73. The minimum Gasteiger partial charge on any atom is -0.322 e. The van der Waals surface area contributed by atoms with Crippen LogP contribution in [0.15, 0.2) is 42.5 Å². The Hall–Kier alpha value is -2.41.